The van der Waals surface area contributed by atoms with Gasteiger partial charge in [0.2, 0.25) is 6.41 Å². The average molecular weight is 302 g/mol. The number of rotatable bonds is 3. The summed E-state index contributed by atoms with van der Waals surface area (Å²) in [5.41, 5.74) is 8.24. The highest BCUT2D eigenvalue weighted by Crippen LogP contribution is 2.19. The van der Waals surface area contributed by atoms with Gasteiger partial charge in [-0.2, -0.15) is 0 Å². The number of carbonyl (C=O) groups is 2. The second-order valence-corrected chi connectivity index (χ2v) is 4.25. The van der Waals surface area contributed by atoms with Gasteiger partial charge in [-0.3, -0.25) is 4.79 Å². The summed E-state index contributed by atoms with van der Waals surface area (Å²) in [4.78, 5) is 28.7. The molecular formula is C15H18N4O3. The molecule has 7 nitrogen and oxygen atoms in total. The number of nitrogens with two attached hydrogens (primary N) is 1. The number of methoxy groups -OCH3 is 1. The fourth-order valence-electron chi connectivity index (χ4n) is 1.51. The quantitative estimate of drug-likeness (QED) is 0.651. The van der Waals surface area contributed by atoms with Crippen molar-refractivity contribution in [3.63, 3.8) is 0 Å². The summed E-state index contributed by atoms with van der Waals surface area (Å²) < 4.78 is 4.61. The zero-order valence-corrected chi connectivity index (χ0v) is 12.7. The standard InChI is InChI=1S/C13H13N3O2.C2H5NO/c1-8-3-5-9(6-4-8)10-7-15-12(14)11(16-10)13(17)18-2;1-3-2-4/h3-7H,1-2H3,(H2,14,15);2H,1H3,(H,3,4). The van der Waals surface area contributed by atoms with Crippen molar-refractivity contribution in [2.75, 3.05) is 19.9 Å². The van der Waals surface area contributed by atoms with E-state index < -0.39 is 5.97 Å². The van der Waals surface area contributed by atoms with Crippen LogP contribution >= 0.6 is 0 Å². The third kappa shape index (κ3) is 4.55. The molecule has 0 saturated heterocycles. The Morgan fingerprint density at radius 2 is 1.91 bits per heavy atom. The summed E-state index contributed by atoms with van der Waals surface area (Å²) >= 11 is 0. The number of esters is 1. The van der Waals surface area contributed by atoms with Crippen molar-refractivity contribution < 1.29 is 14.3 Å². The van der Waals surface area contributed by atoms with Crippen molar-refractivity contribution in [1.29, 1.82) is 0 Å². The number of hydrogen-bond donors (Lipinski definition) is 2. The van der Waals surface area contributed by atoms with Crippen molar-refractivity contribution in [2.45, 2.75) is 6.92 Å². The third-order valence-corrected chi connectivity index (χ3v) is 2.64. The topological polar surface area (TPSA) is 107 Å². The summed E-state index contributed by atoms with van der Waals surface area (Å²) in [7, 11) is 2.84. The van der Waals surface area contributed by atoms with Crippen molar-refractivity contribution >= 4 is 18.2 Å². The Kier molecular flexibility index (Phi) is 6.49. The lowest BCUT2D eigenvalue weighted by atomic mass is 10.1. The molecule has 0 fully saturated rings. The van der Waals surface area contributed by atoms with Gasteiger partial charge < -0.3 is 15.8 Å². The van der Waals surface area contributed by atoms with Crippen LogP contribution in [-0.2, 0) is 9.53 Å². The van der Waals surface area contributed by atoms with Gasteiger partial charge in [-0.25, -0.2) is 14.8 Å². The van der Waals surface area contributed by atoms with Crippen LogP contribution in [0.3, 0.4) is 0 Å². The van der Waals surface area contributed by atoms with Gasteiger partial charge in [-0.15, -0.1) is 0 Å². The van der Waals surface area contributed by atoms with E-state index >= 15 is 0 Å². The third-order valence-electron chi connectivity index (χ3n) is 2.64. The van der Waals surface area contributed by atoms with Crippen LogP contribution in [0.5, 0.6) is 0 Å². The maximum atomic E-state index is 11.5. The van der Waals surface area contributed by atoms with Gasteiger partial charge in [0.25, 0.3) is 0 Å². The van der Waals surface area contributed by atoms with Gasteiger partial charge in [0.1, 0.15) is 0 Å². The second kappa shape index (κ2) is 8.35. The Labute approximate surface area is 128 Å². The number of aromatic nitrogens is 2. The van der Waals surface area contributed by atoms with Crippen LogP contribution < -0.4 is 11.1 Å². The molecule has 1 heterocycles. The molecule has 3 N–H and O–H groups in total. The first-order chi connectivity index (χ1) is 10.5. The minimum absolute atomic E-state index is 0.0376. The van der Waals surface area contributed by atoms with Crippen LogP contribution in [0, 0.1) is 6.92 Å². The first-order valence-corrected chi connectivity index (χ1v) is 6.42. The fraction of sp³-hybridized carbons (Fsp3) is 0.200. The predicted octanol–water partition coefficient (Wildman–Crippen LogP) is 1.18. The zero-order valence-electron chi connectivity index (χ0n) is 12.7. The van der Waals surface area contributed by atoms with Crippen LogP contribution in [0.2, 0.25) is 0 Å². The van der Waals surface area contributed by atoms with E-state index in [-0.39, 0.29) is 11.5 Å². The molecule has 2 aromatic rings. The zero-order chi connectivity index (χ0) is 16.5. The molecule has 116 valence electrons. The number of nitrogens with zero attached hydrogens (tertiary/aromatic N) is 2. The maximum Gasteiger partial charge on any atom is 0.360 e. The molecule has 0 unspecified atom stereocenters. The summed E-state index contributed by atoms with van der Waals surface area (Å²) in [6, 6.07) is 7.75. The molecule has 0 aliphatic carbocycles. The van der Waals surface area contributed by atoms with E-state index in [0.717, 1.165) is 11.1 Å². The van der Waals surface area contributed by atoms with E-state index in [1.807, 2.05) is 31.2 Å². The number of hydrogen-bond acceptors (Lipinski definition) is 6. The predicted molar refractivity (Wildman–Crippen MR) is 83.1 cm³/mol. The number of amides is 1. The van der Waals surface area contributed by atoms with E-state index in [1.165, 1.54) is 13.3 Å². The summed E-state index contributed by atoms with van der Waals surface area (Å²) in [5, 5.41) is 2.25. The first-order valence-electron chi connectivity index (χ1n) is 6.42. The minimum atomic E-state index is -0.589. The number of anilines is 1. The highest BCUT2D eigenvalue weighted by atomic mass is 16.5. The van der Waals surface area contributed by atoms with Crippen LogP contribution in [0.25, 0.3) is 11.3 Å². The number of benzene rings is 1. The first kappa shape index (κ1) is 17.1. The number of ether oxygens (including phenoxy) is 1. The average Bonchev–Trinajstić information content (AvgIpc) is 2.55. The minimum Gasteiger partial charge on any atom is -0.464 e. The van der Waals surface area contributed by atoms with E-state index in [4.69, 9.17) is 10.5 Å². The van der Waals surface area contributed by atoms with E-state index in [0.29, 0.717) is 12.1 Å². The molecule has 0 radical (unpaired) electrons. The number of carbonyl (C=O) groups excluding carboxylic acids is 2. The van der Waals surface area contributed by atoms with Gasteiger partial charge in [0.15, 0.2) is 11.5 Å². The van der Waals surface area contributed by atoms with Crippen molar-refractivity contribution in [3.05, 3.63) is 41.7 Å². The second-order valence-electron chi connectivity index (χ2n) is 4.25. The van der Waals surface area contributed by atoms with E-state index in [2.05, 4.69) is 20.0 Å². The highest BCUT2D eigenvalue weighted by Gasteiger charge is 2.14. The lowest BCUT2D eigenvalue weighted by Gasteiger charge is -2.05. The molecule has 2 rings (SSSR count). The Morgan fingerprint density at radius 1 is 1.32 bits per heavy atom. The smallest absolute Gasteiger partial charge is 0.360 e. The number of nitrogens with one attached hydrogen (secondary N) is 1. The van der Waals surface area contributed by atoms with Crippen LogP contribution in [-0.4, -0.2) is 36.5 Å². The van der Waals surface area contributed by atoms with Crippen molar-refractivity contribution in [2.24, 2.45) is 0 Å². The largest absolute Gasteiger partial charge is 0.464 e. The van der Waals surface area contributed by atoms with Gasteiger partial charge in [0.05, 0.1) is 19.0 Å². The summed E-state index contributed by atoms with van der Waals surface area (Å²) in [6.45, 7) is 2.00. The molecule has 1 aromatic heterocycles. The monoisotopic (exact) mass is 302 g/mol. The molecule has 0 bridgehead atoms. The van der Waals surface area contributed by atoms with Gasteiger partial charge in [-0.1, -0.05) is 29.8 Å². The molecule has 0 aliphatic heterocycles. The molecule has 7 heteroatoms. The molecule has 22 heavy (non-hydrogen) atoms. The van der Waals surface area contributed by atoms with Crippen LogP contribution in [0.4, 0.5) is 5.82 Å². The normalized spacial score (nSPS) is 9.23. The highest BCUT2D eigenvalue weighted by molar-refractivity contribution is 5.92. The molecule has 0 spiro atoms. The van der Waals surface area contributed by atoms with E-state index in [9.17, 15) is 4.79 Å². The van der Waals surface area contributed by atoms with Crippen LogP contribution in [0.15, 0.2) is 30.5 Å². The fourth-order valence-corrected chi connectivity index (χ4v) is 1.51. The van der Waals surface area contributed by atoms with Gasteiger partial charge in [-0.05, 0) is 6.92 Å². The van der Waals surface area contributed by atoms with Crippen molar-refractivity contribution in [3.8, 4) is 11.3 Å². The summed E-state index contributed by atoms with van der Waals surface area (Å²) in [5.74, 6) is -0.522. The Hall–Kier alpha value is -2.96. The molecule has 1 amide bonds. The lowest BCUT2D eigenvalue weighted by Crippen LogP contribution is -2.10. The number of nitrogen functional groups attached to an aromatic ring is 1. The van der Waals surface area contributed by atoms with Crippen molar-refractivity contribution in [1.82, 2.24) is 15.3 Å². The SMILES string of the molecule is CNC=O.COC(=O)c1nc(-c2ccc(C)cc2)cnc1N. The molecule has 0 aliphatic rings. The Morgan fingerprint density at radius 3 is 2.41 bits per heavy atom. The van der Waals surface area contributed by atoms with E-state index in [1.54, 1.807) is 7.05 Å². The summed E-state index contributed by atoms with van der Waals surface area (Å²) in [6.07, 6.45) is 2.16. The molecule has 0 saturated carbocycles. The van der Waals surface area contributed by atoms with Crippen LogP contribution in [0.1, 0.15) is 16.1 Å². The van der Waals surface area contributed by atoms with Gasteiger partial charge >= 0.3 is 5.97 Å². The Balaban J connectivity index is 0.000000541. The number of aryl methyl sites for hydroxylation is 1. The molecule has 1 aromatic carbocycles. The maximum absolute atomic E-state index is 11.5. The Bertz CT molecular complexity index is 642. The lowest BCUT2D eigenvalue weighted by molar-refractivity contribution is -0.109. The molecular weight excluding hydrogens is 284 g/mol. The molecule has 0 atom stereocenters. The van der Waals surface area contributed by atoms with Gasteiger partial charge in [0, 0.05) is 12.6 Å².